The van der Waals surface area contributed by atoms with Crippen LogP contribution in [-0.2, 0) is 5.54 Å². The molecule has 0 spiro atoms. The van der Waals surface area contributed by atoms with Gasteiger partial charge in [-0.15, -0.1) is 0 Å². The van der Waals surface area contributed by atoms with Crippen molar-refractivity contribution in [1.29, 1.82) is 0 Å². The summed E-state index contributed by atoms with van der Waals surface area (Å²) >= 11 is 0. The first-order valence-corrected chi connectivity index (χ1v) is 12.2. The summed E-state index contributed by atoms with van der Waals surface area (Å²) in [4.78, 5) is 24.6. The maximum atomic E-state index is 13.2. The molecule has 3 aromatic rings. The van der Waals surface area contributed by atoms with Crippen LogP contribution in [0.25, 0.3) is 5.69 Å². The molecule has 4 aliphatic carbocycles. The minimum atomic E-state index is -0.506. The van der Waals surface area contributed by atoms with Gasteiger partial charge in [-0.25, -0.2) is 0 Å². The Morgan fingerprint density at radius 2 is 1.76 bits per heavy atom. The van der Waals surface area contributed by atoms with E-state index in [1.165, 1.54) is 25.5 Å². The Bertz CT molecular complexity index is 1210. The molecule has 4 aliphatic rings. The first-order valence-electron chi connectivity index (χ1n) is 12.2. The predicted octanol–water partition coefficient (Wildman–Crippen LogP) is 5.00. The summed E-state index contributed by atoms with van der Waals surface area (Å²) in [5.41, 5.74) is 1.44. The predicted molar refractivity (Wildman–Crippen MR) is 127 cm³/mol. The van der Waals surface area contributed by atoms with Gasteiger partial charge < -0.3 is 9.88 Å². The number of carbonyl (C=O) groups excluding carboxylic acids is 1. The fraction of sp³-hybridized carbons (Fsp3) is 0.462. The maximum Gasteiger partial charge on any atom is 0.320 e. The summed E-state index contributed by atoms with van der Waals surface area (Å²) < 4.78 is 3.79. The number of benzene rings is 1. The van der Waals surface area contributed by atoms with Crippen molar-refractivity contribution < 1.29 is 9.72 Å². The summed E-state index contributed by atoms with van der Waals surface area (Å²) in [5, 5.41) is 19.4. The molecule has 4 fully saturated rings. The lowest BCUT2D eigenvalue weighted by molar-refractivity contribution is -0.385. The Morgan fingerprint density at radius 1 is 1.12 bits per heavy atom. The molecule has 1 unspecified atom stereocenters. The number of amides is 1. The molecule has 1 N–H and O–H groups in total. The molecule has 1 atom stereocenters. The van der Waals surface area contributed by atoms with Crippen LogP contribution in [-0.4, -0.2) is 25.2 Å². The Hall–Kier alpha value is -3.42. The third kappa shape index (κ3) is 3.52. The van der Waals surface area contributed by atoms with Gasteiger partial charge >= 0.3 is 5.69 Å². The Labute approximate surface area is 198 Å². The molecule has 8 heteroatoms. The van der Waals surface area contributed by atoms with E-state index >= 15 is 0 Å². The van der Waals surface area contributed by atoms with E-state index in [-0.39, 0.29) is 23.0 Å². The van der Waals surface area contributed by atoms with Gasteiger partial charge in [-0.2, -0.15) is 5.10 Å². The maximum absolute atomic E-state index is 13.2. The zero-order valence-corrected chi connectivity index (χ0v) is 19.3. The minimum absolute atomic E-state index is 0.0887. The van der Waals surface area contributed by atoms with Crippen molar-refractivity contribution in [3.63, 3.8) is 0 Å². The lowest BCUT2D eigenvalue weighted by atomic mass is 9.53. The van der Waals surface area contributed by atoms with Gasteiger partial charge in [0, 0.05) is 18.1 Å². The van der Waals surface area contributed by atoms with E-state index in [1.54, 1.807) is 4.68 Å². The second-order valence-electron chi connectivity index (χ2n) is 10.6. The van der Waals surface area contributed by atoms with Crippen LogP contribution < -0.4 is 5.32 Å². The summed E-state index contributed by atoms with van der Waals surface area (Å²) in [7, 11) is 0. The number of nitro groups is 1. The topological polar surface area (TPSA) is 95.0 Å². The molecule has 176 valence electrons. The average Bonchev–Trinajstić information content (AvgIpc) is 3.49. The molecule has 0 aliphatic heterocycles. The van der Waals surface area contributed by atoms with E-state index in [1.807, 2.05) is 60.3 Å². The minimum Gasteiger partial charge on any atom is -0.344 e. The van der Waals surface area contributed by atoms with Crippen LogP contribution in [0.1, 0.15) is 67.5 Å². The first-order chi connectivity index (χ1) is 16.4. The van der Waals surface area contributed by atoms with Gasteiger partial charge in [0.05, 0.1) is 16.5 Å². The normalized spacial score (nSPS) is 28.1. The molecule has 8 nitrogen and oxygen atoms in total. The largest absolute Gasteiger partial charge is 0.344 e. The number of hydrogen-bond donors (Lipinski definition) is 1. The van der Waals surface area contributed by atoms with E-state index in [9.17, 15) is 14.9 Å². The summed E-state index contributed by atoms with van der Waals surface area (Å²) in [6.07, 6.45) is 12.3. The first kappa shape index (κ1) is 21.1. The number of aromatic nitrogens is 3. The molecule has 2 aromatic heterocycles. The second kappa shape index (κ2) is 7.82. The monoisotopic (exact) mass is 459 g/mol. The van der Waals surface area contributed by atoms with Gasteiger partial charge in [0.25, 0.3) is 5.91 Å². The Kier molecular flexibility index (Phi) is 4.86. The molecular weight excluding hydrogens is 430 g/mol. The van der Waals surface area contributed by atoms with Crippen LogP contribution in [0.15, 0.2) is 55.0 Å². The lowest BCUT2D eigenvalue weighted by Gasteiger charge is -2.56. The zero-order valence-electron chi connectivity index (χ0n) is 19.3. The van der Waals surface area contributed by atoms with Crippen molar-refractivity contribution in [1.82, 2.24) is 19.7 Å². The highest BCUT2D eigenvalue weighted by Gasteiger charge is 2.53. The van der Waals surface area contributed by atoms with Crippen LogP contribution in [0, 0.1) is 27.9 Å². The van der Waals surface area contributed by atoms with Crippen molar-refractivity contribution in [3.05, 3.63) is 76.4 Å². The number of rotatable bonds is 6. The molecule has 4 saturated carbocycles. The van der Waals surface area contributed by atoms with Crippen LogP contribution >= 0.6 is 0 Å². The third-order valence-corrected chi connectivity index (χ3v) is 8.22. The summed E-state index contributed by atoms with van der Waals surface area (Å²) in [5.74, 6) is 1.53. The molecule has 1 amide bonds. The molecule has 0 radical (unpaired) electrons. The fourth-order valence-electron chi connectivity index (χ4n) is 7.06. The molecule has 34 heavy (non-hydrogen) atoms. The number of hydrogen-bond acceptors (Lipinski definition) is 4. The lowest BCUT2D eigenvalue weighted by Crippen LogP contribution is -2.52. The highest BCUT2D eigenvalue weighted by atomic mass is 16.6. The zero-order chi connectivity index (χ0) is 23.4. The molecule has 7 rings (SSSR count). The van der Waals surface area contributed by atoms with Gasteiger partial charge in [-0.1, -0.05) is 12.1 Å². The van der Waals surface area contributed by atoms with Gasteiger partial charge in [-0.05, 0) is 93.0 Å². The fourth-order valence-corrected chi connectivity index (χ4v) is 7.06. The van der Waals surface area contributed by atoms with Crippen molar-refractivity contribution >= 4 is 11.6 Å². The molecule has 0 saturated heterocycles. The van der Waals surface area contributed by atoms with Gasteiger partial charge in [0.2, 0.25) is 5.69 Å². The van der Waals surface area contributed by atoms with Crippen LogP contribution in [0.2, 0.25) is 0 Å². The van der Waals surface area contributed by atoms with E-state index in [4.69, 9.17) is 0 Å². The van der Waals surface area contributed by atoms with Crippen LogP contribution in [0.3, 0.4) is 0 Å². The molecule has 4 bridgehead atoms. The molecule has 1 aromatic carbocycles. The van der Waals surface area contributed by atoms with Crippen molar-refractivity contribution in [3.8, 4) is 5.69 Å². The van der Waals surface area contributed by atoms with Crippen molar-refractivity contribution in [2.75, 3.05) is 0 Å². The van der Waals surface area contributed by atoms with Crippen LogP contribution in [0.4, 0.5) is 5.69 Å². The molecular formula is C26H29N5O3. The highest BCUT2D eigenvalue weighted by Crippen LogP contribution is 2.58. The van der Waals surface area contributed by atoms with Gasteiger partial charge in [0.15, 0.2) is 0 Å². The number of carbonyl (C=O) groups is 1. The van der Waals surface area contributed by atoms with Crippen LogP contribution in [0.5, 0.6) is 0 Å². The SMILES string of the molecule is CC(NC(=O)c1nn(C23CC4CC(CC(C4)C2)C3)cc1[N+](=O)[O-])c1cccc(-n2cccc2)c1. The van der Waals surface area contributed by atoms with Gasteiger partial charge in [0.1, 0.15) is 6.20 Å². The third-order valence-electron chi connectivity index (χ3n) is 8.22. The Morgan fingerprint density at radius 3 is 2.38 bits per heavy atom. The van der Waals surface area contributed by atoms with E-state index in [0.717, 1.165) is 30.5 Å². The van der Waals surface area contributed by atoms with E-state index in [2.05, 4.69) is 10.4 Å². The van der Waals surface area contributed by atoms with E-state index < -0.39 is 10.8 Å². The van der Waals surface area contributed by atoms with Gasteiger partial charge in [-0.3, -0.25) is 19.6 Å². The summed E-state index contributed by atoms with van der Waals surface area (Å²) in [6.45, 7) is 1.88. The Balaban J connectivity index is 1.26. The smallest absolute Gasteiger partial charge is 0.320 e. The standard InChI is InChI=1S/C26H29N5O3/c1-17(21-5-4-6-22(12-21)29-7-2-3-8-29)27-25(32)24-23(31(33)34)16-30(28-24)26-13-18-9-19(14-26)11-20(10-18)15-26/h2-8,12,16-20H,9-11,13-15H2,1H3,(H,27,32). The highest BCUT2D eigenvalue weighted by molar-refractivity contribution is 5.96. The second-order valence-corrected chi connectivity index (χ2v) is 10.6. The van der Waals surface area contributed by atoms with Crippen molar-refractivity contribution in [2.45, 2.75) is 57.0 Å². The average molecular weight is 460 g/mol. The molecule has 2 heterocycles. The number of nitrogens with one attached hydrogen (secondary N) is 1. The quantitative estimate of drug-likeness (QED) is 0.415. The van der Waals surface area contributed by atoms with Crippen molar-refractivity contribution in [2.24, 2.45) is 17.8 Å². The number of nitrogens with zero attached hydrogens (tertiary/aromatic N) is 4. The summed E-state index contributed by atoms with van der Waals surface area (Å²) in [6, 6.07) is 11.5. The van der Waals surface area contributed by atoms with E-state index in [0.29, 0.717) is 17.8 Å².